The van der Waals surface area contributed by atoms with Crippen molar-refractivity contribution < 1.29 is 0 Å². The highest BCUT2D eigenvalue weighted by Crippen LogP contribution is 2.29. The molecule has 102 valence electrons. The summed E-state index contributed by atoms with van der Waals surface area (Å²) in [4.78, 5) is 4.14. The van der Waals surface area contributed by atoms with Crippen LogP contribution < -0.4 is 5.32 Å². The Morgan fingerprint density at radius 3 is 3.00 bits per heavy atom. The van der Waals surface area contributed by atoms with Crippen LogP contribution in [0.25, 0.3) is 0 Å². The van der Waals surface area contributed by atoms with Gasteiger partial charge in [-0.05, 0) is 37.4 Å². The fourth-order valence-electron chi connectivity index (χ4n) is 2.96. The third-order valence-corrected chi connectivity index (χ3v) is 5.04. The van der Waals surface area contributed by atoms with Crippen molar-refractivity contribution >= 4 is 11.3 Å². The van der Waals surface area contributed by atoms with Gasteiger partial charge in [-0.3, -0.25) is 0 Å². The van der Waals surface area contributed by atoms with E-state index in [9.17, 15) is 0 Å². The largest absolute Gasteiger partial charge is 0.313 e. The average molecular weight is 266 g/mol. The first-order chi connectivity index (χ1) is 8.62. The number of likely N-dealkylation sites (tertiary alicyclic amines) is 1. The molecule has 0 bridgehead atoms. The van der Waals surface area contributed by atoms with E-state index >= 15 is 0 Å². The number of likely N-dealkylation sites (N-methyl/N-ethyl adjacent to an activating group) is 1. The Morgan fingerprint density at radius 1 is 1.50 bits per heavy atom. The molecule has 1 aliphatic rings. The van der Waals surface area contributed by atoms with Crippen LogP contribution in [0, 0.1) is 0 Å². The van der Waals surface area contributed by atoms with Gasteiger partial charge in [-0.1, -0.05) is 26.8 Å². The first kappa shape index (κ1) is 14.0. The summed E-state index contributed by atoms with van der Waals surface area (Å²) in [7, 11) is 0. The van der Waals surface area contributed by atoms with Crippen LogP contribution >= 0.6 is 11.3 Å². The Morgan fingerprint density at radius 2 is 2.33 bits per heavy atom. The normalized spacial score (nSPS) is 22.3. The molecule has 2 nitrogen and oxygen atoms in total. The van der Waals surface area contributed by atoms with Crippen molar-refractivity contribution in [2.45, 2.75) is 45.1 Å². The molecule has 1 aromatic rings. The number of piperidine rings is 1. The van der Waals surface area contributed by atoms with E-state index in [2.05, 4.69) is 48.5 Å². The molecule has 2 rings (SSSR count). The third-order valence-electron chi connectivity index (χ3n) is 3.81. The Kier molecular flexibility index (Phi) is 4.82. The van der Waals surface area contributed by atoms with Gasteiger partial charge in [0.1, 0.15) is 0 Å². The van der Waals surface area contributed by atoms with Gasteiger partial charge in [0.15, 0.2) is 0 Å². The number of nitrogens with zero attached hydrogens (tertiary/aromatic N) is 1. The molecule has 1 fully saturated rings. The van der Waals surface area contributed by atoms with Gasteiger partial charge in [0.05, 0.1) is 0 Å². The number of hydrogen-bond acceptors (Lipinski definition) is 3. The van der Waals surface area contributed by atoms with Gasteiger partial charge < -0.3 is 10.2 Å². The molecule has 18 heavy (non-hydrogen) atoms. The molecule has 0 radical (unpaired) electrons. The molecule has 1 aromatic heterocycles. The Hall–Kier alpha value is -0.380. The lowest BCUT2D eigenvalue weighted by Crippen LogP contribution is -2.48. The average Bonchev–Trinajstić information content (AvgIpc) is 2.83. The molecule has 1 N–H and O–H groups in total. The van der Waals surface area contributed by atoms with E-state index in [4.69, 9.17) is 0 Å². The molecule has 0 aromatic carbocycles. The number of nitrogens with one attached hydrogen (secondary N) is 1. The van der Waals surface area contributed by atoms with Crippen LogP contribution in [0.4, 0.5) is 0 Å². The van der Waals surface area contributed by atoms with Gasteiger partial charge in [-0.15, -0.1) is 11.3 Å². The van der Waals surface area contributed by atoms with E-state index < -0.39 is 0 Å². The second kappa shape index (κ2) is 6.18. The van der Waals surface area contributed by atoms with Gasteiger partial charge in [-0.2, -0.15) is 0 Å². The molecular weight excluding hydrogens is 240 g/mol. The molecule has 3 heteroatoms. The van der Waals surface area contributed by atoms with E-state index in [1.807, 2.05) is 11.3 Å². The second-order valence-electron chi connectivity index (χ2n) is 5.99. The number of rotatable bonds is 5. The van der Waals surface area contributed by atoms with Crippen LogP contribution in [0.2, 0.25) is 0 Å². The molecule has 2 heterocycles. The summed E-state index contributed by atoms with van der Waals surface area (Å²) in [5.74, 6) is 0. The molecule has 1 aliphatic heterocycles. The number of hydrogen-bond donors (Lipinski definition) is 1. The fraction of sp³-hybridized carbons (Fsp3) is 0.733. The monoisotopic (exact) mass is 266 g/mol. The van der Waals surface area contributed by atoms with E-state index in [1.165, 1.54) is 37.4 Å². The summed E-state index contributed by atoms with van der Waals surface area (Å²) < 4.78 is 0. The second-order valence-corrected chi connectivity index (χ2v) is 6.94. The van der Waals surface area contributed by atoms with Crippen molar-refractivity contribution in [3.63, 3.8) is 0 Å². The minimum absolute atomic E-state index is 0.280. The highest BCUT2D eigenvalue weighted by atomic mass is 32.1. The summed E-state index contributed by atoms with van der Waals surface area (Å²) in [6.45, 7) is 11.7. The van der Waals surface area contributed by atoms with E-state index in [0.717, 1.165) is 6.54 Å². The van der Waals surface area contributed by atoms with Crippen LogP contribution in [-0.2, 0) is 5.41 Å². The van der Waals surface area contributed by atoms with Crippen LogP contribution in [0.3, 0.4) is 0 Å². The minimum Gasteiger partial charge on any atom is -0.313 e. The Labute approximate surface area is 115 Å². The van der Waals surface area contributed by atoms with Crippen molar-refractivity contribution in [2.24, 2.45) is 0 Å². The lowest BCUT2D eigenvalue weighted by Gasteiger charge is -2.38. The van der Waals surface area contributed by atoms with Gasteiger partial charge in [0.2, 0.25) is 0 Å². The lowest BCUT2D eigenvalue weighted by molar-refractivity contribution is 0.163. The molecule has 0 aliphatic carbocycles. The smallest absolute Gasteiger partial charge is 0.0195 e. The lowest BCUT2D eigenvalue weighted by atomic mass is 9.89. The first-order valence-corrected chi connectivity index (χ1v) is 7.99. The zero-order chi connectivity index (χ0) is 13.0. The SMILES string of the molecule is CCNC1CCCN(CC(C)(C)c2cccs2)C1. The standard InChI is InChI=1S/C15H26N2S/c1-4-16-13-7-5-9-17(11-13)12-15(2,3)14-8-6-10-18-14/h6,8,10,13,16H,4-5,7,9,11-12H2,1-3H3. The van der Waals surface area contributed by atoms with Crippen LogP contribution in [0.15, 0.2) is 17.5 Å². The topological polar surface area (TPSA) is 15.3 Å². The van der Waals surface area contributed by atoms with E-state index in [-0.39, 0.29) is 5.41 Å². The molecule has 0 amide bonds. The molecule has 0 spiro atoms. The maximum absolute atomic E-state index is 3.60. The number of thiophene rings is 1. The molecule has 1 atom stereocenters. The van der Waals surface area contributed by atoms with Crippen LogP contribution in [-0.4, -0.2) is 37.1 Å². The predicted molar refractivity (Wildman–Crippen MR) is 80.5 cm³/mol. The first-order valence-electron chi connectivity index (χ1n) is 7.11. The van der Waals surface area contributed by atoms with Gasteiger partial charge >= 0.3 is 0 Å². The maximum Gasteiger partial charge on any atom is 0.0195 e. The van der Waals surface area contributed by atoms with Gasteiger partial charge in [0, 0.05) is 29.4 Å². The minimum atomic E-state index is 0.280. The van der Waals surface area contributed by atoms with Crippen molar-refractivity contribution in [1.29, 1.82) is 0 Å². The van der Waals surface area contributed by atoms with Gasteiger partial charge in [0.25, 0.3) is 0 Å². The zero-order valence-electron chi connectivity index (χ0n) is 11.9. The molecule has 1 unspecified atom stereocenters. The predicted octanol–water partition coefficient (Wildman–Crippen LogP) is 3.10. The van der Waals surface area contributed by atoms with E-state index in [0.29, 0.717) is 6.04 Å². The summed E-state index contributed by atoms with van der Waals surface area (Å²) in [6.07, 6.45) is 2.67. The van der Waals surface area contributed by atoms with Crippen molar-refractivity contribution in [3.8, 4) is 0 Å². The highest BCUT2D eigenvalue weighted by molar-refractivity contribution is 7.10. The summed E-state index contributed by atoms with van der Waals surface area (Å²) in [5, 5.41) is 5.79. The highest BCUT2D eigenvalue weighted by Gasteiger charge is 2.27. The maximum atomic E-state index is 3.60. The van der Waals surface area contributed by atoms with Crippen LogP contribution in [0.1, 0.15) is 38.5 Å². The van der Waals surface area contributed by atoms with Crippen molar-refractivity contribution in [1.82, 2.24) is 10.2 Å². The fourth-order valence-corrected chi connectivity index (χ4v) is 3.80. The molecule has 0 saturated carbocycles. The van der Waals surface area contributed by atoms with Crippen molar-refractivity contribution in [2.75, 3.05) is 26.2 Å². The summed E-state index contributed by atoms with van der Waals surface area (Å²) in [5.41, 5.74) is 0.280. The van der Waals surface area contributed by atoms with Gasteiger partial charge in [-0.25, -0.2) is 0 Å². The van der Waals surface area contributed by atoms with Crippen LogP contribution in [0.5, 0.6) is 0 Å². The zero-order valence-corrected chi connectivity index (χ0v) is 12.7. The Bertz CT molecular complexity index is 343. The quantitative estimate of drug-likeness (QED) is 0.881. The summed E-state index contributed by atoms with van der Waals surface area (Å²) >= 11 is 1.89. The van der Waals surface area contributed by atoms with Crippen molar-refractivity contribution in [3.05, 3.63) is 22.4 Å². The Balaban J connectivity index is 1.92. The summed E-state index contributed by atoms with van der Waals surface area (Å²) in [6, 6.07) is 5.14. The molecule has 1 saturated heterocycles. The van der Waals surface area contributed by atoms with E-state index in [1.54, 1.807) is 0 Å². The third kappa shape index (κ3) is 3.56. The molecular formula is C15H26N2S.